The first-order valence-electron chi connectivity index (χ1n) is 8.01. The fraction of sp³-hybridized carbons (Fsp3) is 0.500. The summed E-state index contributed by atoms with van der Waals surface area (Å²) in [5.74, 6) is 0.754. The zero-order valence-corrected chi connectivity index (χ0v) is 14.9. The molecule has 0 spiro atoms. The van der Waals surface area contributed by atoms with Gasteiger partial charge >= 0.3 is 0 Å². The molecule has 6 nitrogen and oxygen atoms in total. The summed E-state index contributed by atoms with van der Waals surface area (Å²) in [5, 5.41) is 10.2. The van der Waals surface area contributed by atoms with Crippen molar-refractivity contribution < 1.29 is 19.4 Å². The molecule has 0 aliphatic carbocycles. The molecule has 0 bridgehead atoms. The second-order valence-corrected chi connectivity index (χ2v) is 5.86. The maximum absolute atomic E-state index is 11.1. The van der Waals surface area contributed by atoms with Crippen LogP contribution in [0.25, 0.3) is 6.08 Å². The van der Waals surface area contributed by atoms with Crippen LogP contribution in [-0.4, -0.2) is 54.9 Å². The zero-order chi connectivity index (χ0) is 18.1. The minimum atomic E-state index is -0.744. The van der Waals surface area contributed by atoms with Crippen LogP contribution in [0.2, 0.25) is 0 Å². The van der Waals surface area contributed by atoms with E-state index in [0.717, 1.165) is 5.56 Å². The number of benzene rings is 1. The fourth-order valence-corrected chi connectivity index (χ4v) is 2.27. The number of aliphatic hydroxyl groups is 1. The van der Waals surface area contributed by atoms with E-state index in [0.29, 0.717) is 18.0 Å². The number of hydrogen-bond donors (Lipinski definition) is 2. The Morgan fingerprint density at radius 3 is 2.62 bits per heavy atom. The lowest BCUT2D eigenvalue weighted by Crippen LogP contribution is -2.44. The largest absolute Gasteiger partial charge is 0.493 e. The average molecular weight is 336 g/mol. The van der Waals surface area contributed by atoms with Gasteiger partial charge in [-0.1, -0.05) is 18.2 Å². The Kier molecular flexibility index (Phi) is 8.29. The highest BCUT2D eigenvalue weighted by molar-refractivity contribution is 5.75. The summed E-state index contributed by atoms with van der Waals surface area (Å²) in [7, 11) is 1.57. The highest BCUT2D eigenvalue weighted by Crippen LogP contribution is 2.28. The van der Waals surface area contributed by atoms with Crippen LogP contribution in [0.3, 0.4) is 0 Å². The summed E-state index contributed by atoms with van der Waals surface area (Å²) in [5.41, 5.74) is 6.24. The monoisotopic (exact) mass is 336 g/mol. The molecule has 0 saturated carbocycles. The van der Waals surface area contributed by atoms with E-state index in [1.54, 1.807) is 7.11 Å². The van der Waals surface area contributed by atoms with Gasteiger partial charge in [0, 0.05) is 12.6 Å². The normalized spacial score (nSPS) is 12.8. The van der Waals surface area contributed by atoms with Gasteiger partial charge in [-0.3, -0.25) is 9.69 Å². The third kappa shape index (κ3) is 6.60. The molecular formula is C18H28N2O4. The van der Waals surface area contributed by atoms with E-state index < -0.39 is 12.0 Å². The van der Waals surface area contributed by atoms with Crippen molar-refractivity contribution in [3.05, 3.63) is 29.8 Å². The van der Waals surface area contributed by atoms with Crippen LogP contribution in [0.15, 0.2) is 24.3 Å². The van der Waals surface area contributed by atoms with Crippen molar-refractivity contribution in [2.75, 3.05) is 26.8 Å². The molecule has 1 aromatic rings. The van der Waals surface area contributed by atoms with Crippen LogP contribution in [0.4, 0.5) is 0 Å². The minimum Gasteiger partial charge on any atom is -0.493 e. The number of nitrogens with zero attached hydrogens (tertiary/aromatic N) is 1. The molecule has 6 heteroatoms. The van der Waals surface area contributed by atoms with Crippen molar-refractivity contribution in [2.24, 2.45) is 5.73 Å². The number of aliphatic hydroxyl groups excluding tert-OH is 1. The Labute approximate surface area is 143 Å². The lowest BCUT2D eigenvalue weighted by molar-refractivity contribution is -0.120. The molecule has 3 N–H and O–H groups in total. The van der Waals surface area contributed by atoms with Gasteiger partial charge in [-0.2, -0.15) is 0 Å². The summed E-state index contributed by atoms with van der Waals surface area (Å²) < 4.78 is 11.0. The molecule has 0 radical (unpaired) electrons. The second kappa shape index (κ2) is 9.95. The van der Waals surface area contributed by atoms with Crippen molar-refractivity contribution >= 4 is 12.0 Å². The molecule has 1 amide bonds. The SMILES string of the molecule is CC=Cc1ccc(OCC(O)CN(CC(N)=O)C(C)C)c(OC)c1. The number of methoxy groups -OCH3 is 1. The van der Waals surface area contributed by atoms with Gasteiger partial charge in [-0.25, -0.2) is 0 Å². The second-order valence-electron chi connectivity index (χ2n) is 5.86. The molecule has 1 rings (SSSR count). The van der Waals surface area contributed by atoms with Crippen LogP contribution >= 0.6 is 0 Å². The van der Waals surface area contributed by atoms with Crippen LogP contribution in [0.1, 0.15) is 26.3 Å². The van der Waals surface area contributed by atoms with E-state index in [-0.39, 0.29) is 19.2 Å². The number of carbonyl (C=O) groups excluding carboxylic acids is 1. The third-order valence-electron chi connectivity index (χ3n) is 3.51. The highest BCUT2D eigenvalue weighted by Gasteiger charge is 2.17. The van der Waals surface area contributed by atoms with Crippen LogP contribution < -0.4 is 15.2 Å². The summed E-state index contributed by atoms with van der Waals surface area (Å²) in [4.78, 5) is 12.9. The number of amides is 1. The molecule has 1 aromatic carbocycles. The molecule has 0 saturated heterocycles. The highest BCUT2D eigenvalue weighted by atomic mass is 16.5. The summed E-state index contributed by atoms with van der Waals surface area (Å²) >= 11 is 0. The van der Waals surface area contributed by atoms with Crippen LogP contribution in [-0.2, 0) is 4.79 Å². The molecule has 0 heterocycles. The number of ether oxygens (including phenoxy) is 2. The van der Waals surface area contributed by atoms with E-state index in [4.69, 9.17) is 15.2 Å². The first-order valence-corrected chi connectivity index (χ1v) is 8.01. The Hall–Kier alpha value is -2.05. The van der Waals surface area contributed by atoms with Crippen molar-refractivity contribution in [2.45, 2.75) is 32.9 Å². The van der Waals surface area contributed by atoms with Gasteiger partial charge in [0.2, 0.25) is 5.91 Å². The first-order chi connectivity index (χ1) is 11.4. The number of primary amides is 1. The molecule has 0 aromatic heterocycles. The van der Waals surface area contributed by atoms with Gasteiger partial charge in [0.05, 0.1) is 13.7 Å². The standard InChI is InChI=1S/C18H28N2O4/c1-5-6-14-7-8-16(17(9-14)23-4)24-12-15(21)10-20(13(2)3)11-18(19)22/h5-9,13,15,21H,10-12H2,1-4H3,(H2,19,22). The third-order valence-corrected chi connectivity index (χ3v) is 3.51. The Bertz CT molecular complexity index is 558. The maximum atomic E-state index is 11.1. The van der Waals surface area contributed by atoms with Crippen molar-refractivity contribution in [3.8, 4) is 11.5 Å². The molecular weight excluding hydrogens is 308 g/mol. The van der Waals surface area contributed by atoms with E-state index in [9.17, 15) is 9.90 Å². The Morgan fingerprint density at radius 2 is 2.08 bits per heavy atom. The first kappa shape index (κ1) is 20.0. The summed E-state index contributed by atoms with van der Waals surface area (Å²) in [6, 6.07) is 5.69. The molecule has 0 fully saturated rings. The molecule has 0 aliphatic heterocycles. The predicted octanol–water partition coefficient (Wildman–Crippen LogP) is 1.66. The topological polar surface area (TPSA) is 85.0 Å². The van der Waals surface area contributed by atoms with Crippen molar-refractivity contribution in [3.63, 3.8) is 0 Å². The number of rotatable bonds is 10. The Balaban J connectivity index is 2.65. The van der Waals surface area contributed by atoms with E-state index >= 15 is 0 Å². The van der Waals surface area contributed by atoms with Gasteiger partial charge in [0.1, 0.15) is 12.7 Å². The predicted molar refractivity (Wildman–Crippen MR) is 95.1 cm³/mol. The fourth-order valence-electron chi connectivity index (χ4n) is 2.27. The van der Waals surface area contributed by atoms with Crippen molar-refractivity contribution in [1.82, 2.24) is 4.90 Å². The quantitative estimate of drug-likeness (QED) is 0.679. The minimum absolute atomic E-state index is 0.0985. The van der Waals surface area contributed by atoms with Crippen LogP contribution in [0.5, 0.6) is 11.5 Å². The van der Waals surface area contributed by atoms with Crippen molar-refractivity contribution in [1.29, 1.82) is 0 Å². The number of allylic oxidation sites excluding steroid dienone is 1. The number of nitrogens with two attached hydrogens (primary N) is 1. The lowest BCUT2D eigenvalue weighted by Gasteiger charge is -2.27. The molecule has 0 aliphatic rings. The molecule has 134 valence electrons. The molecule has 1 unspecified atom stereocenters. The van der Waals surface area contributed by atoms with Gasteiger partial charge in [-0.05, 0) is 38.5 Å². The van der Waals surface area contributed by atoms with Gasteiger partial charge in [-0.15, -0.1) is 0 Å². The van der Waals surface area contributed by atoms with Crippen LogP contribution in [0, 0.1) is 0 Å². The van der Waals surface area contributed by atoms with E-state index in [1.165, 1.54) is 0 Å². The smallest absolute Gasteiger partial charge is 0.231 e. The molecule has 1 atom stereocenters. The average Bonchev–Trinajstić information content (AvgIpc) is 2.52. The van der Waals surface area contributed by atoms with Gasteiger partial charge < -0.3 is 20.3 Å². The summed E-state index contributed by atoms with van der Waals surface area (Å²) in [6.45, 7) is 6.34. The van der Waals surface area contributed by atoms with Gasteiger partial charge in [0.15, 0.2) is 11.5 Å². The summed E-state index contributed by atoms with van der Waals surface area (Å²) in [6.07, 6.45) is 3.16. The number of hydrogen-bond acceptors (Lipinski definition) is 5. The zero-order valence-electron chi connectivity index (χ0n) is 14.9. The Morgan fingerprint density at radius 1 is 1.38 bits per heavy atom. The molecule has 24 heavy (non-hydrogen) atoms. The van der Waals surface area contributed by atoms with Gasteiger partial charge in [0.25, 0.3) is 0 Å². The maximum Gasteiger partial charge on any atom is 0.231 e. The lowest BCUT2D eigenvalue weighted by atomic mass is 10.2. The van der Waals surface area contributed by atoms with E-state index in [1.807, 2.05) is 56.0 Å². The van der Waals surface area contributed by atoms with E-state index in [2.05, 4.69) is 0 Å². The number of carbonyl (C=O) groups is 1.